The molecule has 0 bridgehead atoms. The number of nitrogens with zero attached hydrogens (tertiary/aromatic N) is 4. The molecule has 126 valence electrons. The van der Waals surface area contributed by atoms with Crippen molar-refractivity contribution >= 4 is 5.82 Å². The van der Waals surface area contributed by atoms with Crippen molar-refractivity contribution in [3.63, 3.8) is 0 Å². The van der Waals surface area contributed by atoms with E-state index < -0.39 is 17.8 Å². The number of piperidine rings is 1. The summed E-state index contributed by atoms with van der Waals surface area (Å²) in [6.07, 6.45) is 7.33. The van der Waals surface area contributed by atoms with Gasteiger partial charge in [0.2, 0.25) is 0 Å². The molecule has 2 aromatic rings. The van der Waals surface area contributed by atoms with Crippen molar-refractivity contribution in [2.24, 2.45) is 11.8 Å². The van der Waals surface area contributed by atoms with Gasteiger partial charge in [-0.2, -0.15) is 5.10 Å². The summed E-state index contributed by atoms with van der Waals surface area (Å²) in [4.78, 5) is 6.93. The molecule has 6 heteroatoms. The van der Waals surface area contributed by atoms with Crippen LogP contribution in [-0.4, -0.2) is 33.8 Å². The van der Waals surface area contributed by atoms with Gasteiger partial charge in [-0.05, 0) is 30.5 Å². The normalized spacial score (nSPS) is 27.8. The summed E-state index contributed by atoms with van der Waals surface area (Å²) >= 11 is 0. The van der Waals surface area contributed by atoms with Gasteiger partial charge < -0.3 is 4.90 Å². The highest BCUT2D eigenvalue weighted by molar-refractivity contribution is 5.46. The molecule has 0 spiro atoms. The maximum Gasteiger partial charge on any atom is 0.258 e. The SMILES string of the molecule is FC1(F)C2CN(c3ccc(Cn4cccn4)c(C4CCC4)n3)CC21. The van der Waals surface area contributed by atoms with Crippen LogP contribution in [0, 0.1) is 11.8 Å². The van der Waals surface area contributed by atoms with E-state index in [-0.39, 0.29) is 0 Å². The number of halogens is 2. The van der Waals surface area contributed by atoms with Crippen molar-refractivity contribution < 1.29 is 8.78 Å². The second-order valence-electron chi connectivity index (χ2n) is 7.34. The first-order valence-corrected chi connectivity index (χ1v) is 8.73. The van der Waals surface area contributed by atoms with Gasteiger partial charge in [-0.1, -0.05) is 12.5 Å². The van der Waals surface area contributed by atoms with Crippen LogP contribution >= 0.6 is 0 Å². The van der Waals surface area contributed by atoms with Crippen molar-refractivity contribution in [2.45, 2.75) is 37.6 Å². The molecule has 2 saturated carbocycles. The van der Waals surface area contributed by atoms with Gasteiger partial charge in [0.1, 0.15) is 5.82 Å². The average Bonchev–Trinajstić information content (AvgIpc) is 3.01. The fraction of sp³-hybridized carbons (Fsp3) is 0.556. The largest absolute Gasteiger partial charge is 0.356 e. The Bertz CT molecular complexity index is 740. The van der Waals surface area contributed by atoms with Gasteiger partial charge in [0.05, 0.1) is 24.1 Å². The third kappa shape index (κ3) is 2.15. The molecule has 0 amide bonds. The fourth-order valence-electron chi connectivity index (χ4n) is 4.10. The highest BCUT2D eigenvalue weighted by atomic mass is 19.3. The zero-order valence-corrected chi connectivity index (χ0v) is 13.4. The lowest BCUT2D eigenvalue weighted by Crippen LogP contribution is -2.29. The average molecular weight is 330 g/mol. The number of fused-ring (bicyclic) bond motifs is 1. The Balaban J connectivity index is 1.41. The van der Waals surface area contributed by atoms with Crippen molar-refractivity contribution in [3.8, 4) is 0 Å². The van der Waals surface area contributed by atoms with Gasteiger partial charge >= 0.3 is 0 Å². The van der Waals surface area contributed by atoms with Gasteiger partial charge in [-0.15, -0.1) is 0 Å². The lowest BCUT2D eigenvalue weighted by atomic mass is 9.81. The molecule has 0 N–H and O–H groups in total. The second-order valence-corrected chi connectivity index (χ2v) is 7.34. The Hall–Kier alpha value is -1.98. The molecule has 0 radical (unpaired) electrons. The zero-order chi connectivity index (χ0) is 16.3. The number of hydrogen-bond acceptors (Lipinski definition) is 3. The molecule has 4 nitrogen and oxygen atoms in total. The van der Waals surface area contributed by atoms with Crippen LogP contribution in [0.2, 0.25) is 0 Å². The Morgan fingerprint density at radius 1 is 1.17 bits per heavy atom. The monoisotopic (exact) mass is 330 g/mol. The number of pyridine rings is 1. The Kier molecular flexibility index (Phi) is 3.00. The van der Waals surface area contributed by atoms with Gasteiger partial charge in [0.15, 0.2) is 0 Å². The molecule has 24 heavy (non-hydrogen) atoms. The van der Waals surface area contributed by atoms with Crippen LogP contribution < -0.4 is 4.90 Å². The summed E-state index contributed by atoms with van der Waals surface area (Å²) in [5.74, 6) is -1.99. The van der Waals surface area contributed by atoms with E-state index in [2.05, 4.69) is 11.2 Å². The van der Waals surface area contributed by atoms with E-state index in [1.165, 1.54) is 24.8 Å². The standard InChI is InChI=1S/C18H20F2N4/c19-18(20)14-10-23(11-15(14)18)16-6-5-13(9-24-8-2-7-21-24)17(22-16)12-3-1-4-12/h2,5-8,12,14-15H,1,3-4,9-11H2. The number of rotatable bonds is 4. The molecule has 2 atom stereocenters. The molecule has 2 unspecified atom stereocenters. The van der Waals surface area contributed by atoms with Crippen LogP contribution in [0.5, 0.6) is 0 Å². The predicted octanol–water partition coefficient (Wildman–Crippen LogP) is 3.30. The molecule has 5 rings (SSSR count). The van der Waals surface area contributed by atoms with Crippen LogP contribution in [0.25, 0.3) is 0 Å². The molecule has 1 aliphatic heterocycles. The third-order valence-corrected chi connectivity index (χ3v) is 5.90. The Morgan fingerprint density at radius 2 is 1.96 bits per heavy atom. The highest BCUT2D eigenvalue weighted by Crippen LogP contribution is 2.59. The van der Waals surface area contributed by atoms with E-state index in [0.717, 1.165) is 18.1 Å². The van der Waals surface area contributed by atoms with E-state index in [4.69, 9.17) is 4.98 Å². The van der Waals surface area contributed by atoms with Gasteiger partial charge in [-0.25, -0.2) is 13.8 Å². The lowest BCUT2D eigenvalue weighted by molar-refractivity contribution is 0.0797. The zero-order valence-electron chi connectivity index (χ0n) is 13.4. The van der Waals surface area contributed by atoms with Gasteiger partial charge in [-0.3, -0.25) is 4.68 Å². The fourth-order valence-corrected chi connectivity index (χ4v) is 4.10. The minimum absolute atomic E-state index is 0.438. The lowest BCUT2D eigenvalue weighted by Gasteiger charge is -2.29. The first kappa shape index (κ1) is 14.4. The summed E-state index contributed by atoms with van der Waals surface area (Å²) in [6.45, 7) is 1.59. The molecule has 1 saturated heterocycles. The summed E-state index contributed by atoms with van der Waals surface area (Å²) in [5, 5.41) is 4.28. The highest BCUT2D eigenvalue weighted by Gasteiger charge is 2.71. The topological polar surface area (TPSA) is 34.0 Å². The van der Waals surface area contributed by atoms with E-state index in [0.29, 0.717) is 19.0 Å². The third-order valence-electron chi connectivity index (χ3n) is 5.90. The minimum atomic E-state index is -2.44. The van der Waals surface area contributed by atoms with Gasteiger partial charge in [0, 0.05) is 31.4 Å². The summed E-state index contributed by atoms with van der Waals surface area (Å²) in [7, 11) is 0. The van der Waals surface area contributed by atoms with E-state index in [1.54, 1.807) is 6.20 Å². The Labute approximate surface area is 139 Å². The number of anilines is 1. The minimum Gasteiger partial charge on any atom is -0.356 e. The quantitative estimate of drug-likeness (QED) is 0.863. The molecule has 2 aromatic heterocycles. The van der Waals surface area contributed by atoms with Crippen LogP contribution in [0.15, 0.2) is 30.6 Å². The molecule has 0 aromatic carbocycles. The van der Waals surface area contributed by atoms with Crippen LogP contribution in [0.1, 0.15) is 36.4 Å². The molecule has 3 heterocycles. The van der Waals surface area contributed by atoms with E-state index in [1.807, 2.05) is 27.9 Å². The molecular weight excluding hydrogens is 310 g/mol. The molecule has 3 aliphatic rings. The summed E-state index contributed by atoms with van der Waals surface area (Å²) in [5.41, 5.74) is 2.34. The first-order chi connectivity index (χ1) is 11.6. The van der Waals surface area contributed by atoms with Crippen LogP contribution in [0.3, 0.4) is 0 Å². The molecule has 2 aliphatic carbocycles. The summed E-state index contributed by atoms with van der Waals surface area (Å²) < 4.78 is 28.7. The second kappa shape index (κ2) is 5.01. The smallest absolute Gasteiger partial charge is 0.258 e. The summed E-state index contributed by atoms with van der Waals surface area (Å²) in [6, 6.07) is 6.02. The van der Waals surface area contributed by atoms with Crippen LogP contribution in [0.4, 0.5) is 14.6 Å². The number of hydrogen-bond donors (Lipinski definition) is 0. The van der Waals surface area contributed by atoms with E-state index >= 15 is 0 Å². The molecular formula is C18H20F2N4. The van der Waals surface area contributed by atoms with Crippen molar-refractivity contribution in [2.75, 3.05) is 18.0 Å². The Morgan fingerprint density at radius 3 is 2.58 bits per heavy atom. The molecule has 3 fully saturated rings. The van der Waals surface area contributed by atoms with Crippen molar-refractivity contribution in [1.29, 1.82) is 0 Å². The maximum atomic E-state index is 13.4. The van der Waals surface area contributed by atoms with Crippen molar-refractivity contribution in [1.82, 2.24) is 14.8 Å². The van der Waals surface area contributed by atoms with E-state index in [9.17, 15) is 8.78 Å². The first-order valence-electron chi connectivity index (χ1n) is 8.73. The predicted molar refractivity (Wildman–Crippen MR) is 86.3 cm³/mol. The number of aromatic nitrogens is 3. The van der Waals surface area contributed by atoms with Crippen LogP contribution in [-0.2, 0) is 6.54 Å². The van der Waals surface area contributed by atoms with Gasteiger partial charge in [0.25, 0.3) is 5.92 Å². The maximum absolute atomic E-state index is 13.4. The number of alkyl halides is 2. The van der Waals surface area contributed by atoms with Crippen molar-refractivity contribution in [3.05, 3.63) is 41.9 Å².